The van der Waals surface area contributed by atoms with Gasteiger partial charge in [0.1, 0.15) is 11.8 Å². The van der Waals surface area contributed by atoms with Gasteiger partial charge in [-0.15, -0.1) is 0 Å². The molecule has 200 valence electrons. The van der Waals surface area contributed by atoms with Crippen LogP contribution in [0, 0.1) is 5.92 Å². The van der Waals surface area contributed by atoms with E-state index in [2.05, 4.69) is 30.3 Å². The number of amides is 1. The Bertz CT molecular complexity index is 1070. The Kier molecular flexibility index (Phi) is 9.86. The van der Waals surface area contributed by atoms with Gasteiger partial charge in [-0.1, -0.05) is 69.7 Å². The topological polar surface area (TPSA) is 95.9 Å². The molecule has 37 heavy (non-hydrogen) atoms. The van der Waals surface area contributed by atoms with Crippen molar-refractivity contribution < 1.29 is 24.2 Å². The molecule has 0 bridgehead atoms. The van der Waals surface area contributed by atoms with Gasteiger partial charge in [-0.05, 0) is 62.0 Å². The van der Waals surface area contributed by atoms with E-state index >= 15 is 0 Å². The predicted molar refractivity (Wildman–Crippen MR) is 144 cm³/mol. The van der Waals surface area contributed by atoms with Gasteiger partial charge < -0.3 is 20.1 Å². The van der Waals surface area contributed by atoms with Crippen LogP contribution in [0.5, 0.6) is 5.75 Å². The summed E-state index contributed by atoms with van der Waals surface area (Å²) in [6, 6.07) is 15.6. The molecule has 1 amide bonds. The monoisotopic (exact) mass is 508 g/mol. The standard InChI is InChI=1S/C30H40N2O5/c1-5-30(16-9-10-17-32(4)20-30)23-14-11-15-24(18-23)37-26(33)19-25(22-12-7-6-8-13-22)28(34)31-27(21(2)3)29(35)36/h6-8,11-15,18,21,25,27H,5,9-10,16-17,19-20H2,1-4H3,(H,31,34)(H,35,36)/t25-,27-,30?/m0/s1. The Balaban J connectivity index is 1.79. The van der Waals surface area contributed by atoms with Gasteiger partial charge in [-0.2, -0.15) is 0 Å². The first-order valence-corrected chi connectivity index (χ1v) is 13.2. The average Bonchev–Trinajstić information content (AvgIpc) is 3.07. The third-order valence-corrected chi connectivity index (χ3v) is 7.49. The SMILES string of the molecule is CCC1(c2cccc(OC(=O)C[C@H](C(=O)N[C@H](C(=O)O)C(C)C)c3ccccc3)c2)CCCCN(C)C1. The largest absolute Gasteiger partial charge is 0.480 e. The predicted octanol–water partition coefficient (Wildman–Crippen LogP) is 4.75. The maximum absolute atomic E-state index is 13.2. The van der Waals surface area contributed by atoms with Gasteiger partial charge in [0.05, 0.1) is 12.3 Å². The number of esters is 1. The second-order valence-electron chi connectivity index (χ2n) is 10.6. The summed E-state index contributed by atoms with van der Waals surface area (Å²) in [7, 11) is 2.16. The summed E-state index contributed by atoms with van der Waals surface area (Å²) < 4.78 is 5.75. The summed E-state index contributed by atoms with van der Waals surface area (Å²) in [6.07, 6.45) is 4.21. The molecule has 1 heterocycles. The highest BCUT2D eigenvalue weighted by molar-refractivity contribution is 5.91. The summed E-state index contributed by atoms with van der Waals surface area (Å²) in [6.45, 7) is 7.71. The zero-order valence-corrected chi connectivity index (χ0v) is 22.4. The number of carbonyl (C=O) groups excluding carboxylic acids is 2. The molecule has 1 aliphatic heterocycles. The van der Waals surface area contributed by atoms with E-state index in [4.69, 9.17) is 4.74 Å². The molecule has 1 aliphatic rings. The Hall–Kier alpha value is -3.19. The Morgan fingerprint density at radius 1 is 1.08 bits per heavy atom. The number of rotatable bonds is 10. The number of carbonyl (C=O) groups is 3. The van der Waals surface area contributed by atoms with Crippen LogP contribution < -0.4 is 10.1 Å². The fourth-order valence-electron chi connectivity index (χ4n) is 5.29. The lowest BCUT2D eigenvalue weighted by atomic mass is 9.74. The summed E-state index contributed by atoms with van der Waals surface area (Å²) in [5.74, 6) is -2.87. The number of likely N-dealkylation sites (N-methyl/N-ethyl adjacent to an activating group) is 1. The highest BCUT2D eigenvalue weighted by Crippen LogP contribution is 2.37. The highest BCUT2D eigenvalue weighted by atomic mass is 16.5. The van der Waals surface area contributed by atoms with Crippen LogP contribution in [-0.2, 0) is 19.8 Å². The van der Waals surface area contributed by atoms with Crippen LogP contribution in [0.25, 0.3) is 0 Å². The summed E-state index contributed by atoms with van der Waals surface area (Å²) in [5, 5.41) is 12.1. The number of nitrogens with one attached hydrogen (secondary N) is 1. The van der Waals surface area contributed by atoms with Crippen LogP contribution in [0.3, 0.4) is 0 Å². The van der Waals surface area contributed by atoms with Crippen LogP contribution in [-0.4, -0.2) is 54.0 Å². The quantitative estimate of drug-likeness (QED) is 0.355. The molecule has 0 aromatic heterocycles. The van der Waals surface area contributed by atoms with Gasteiger partial charge >= 0.3 is 11.9 Å². The summed E-state index contributed by atoms with van der Waals surface area (Å²) >= 11 is 0. The van der Waals surface area contributed by atoms with Gasteiger partial charge in [-0.3, -0.25) is 9.59 Å². The van der Waals surface area contributed by atoms with E-state index in [-0.39, 0.29) is 17.8 Å². The number of ether oxygens (including phenoxy) is 1. The molecule has 2 aromatic rings. The number of aliphatic carboxylic acids is 1. The van der Waals surface area contributed by atoms with Crippen molar-refractivity contribution in [3.8, 4) is 5.75 Å². The molecule has 0 radical (unpaired) electrons. The lowest BCUT2D eigenvalue weighted by Crippen LogP contribution is -2.46. The number of carboxylic acid groups (broad SMARTS) is 1. The second kappa shape index (κ2) is 12.9. The molecule has 3 rings (SSSR count). The molecule has 2 N–H and O–H groups in total. The number of hydrogen-bond acceptors (Lipinski definition) is 5. The van der Waals surface area contributed by atoms with E-state index in [9.17, 15) is 19.5 Å². The van der Waals surface area contributed by atoms with Gasteiger partial charge in [0.15, 0.2) is 0 Å². The van der Waals surface area contributed by atoms with Gasteiger partial charge in [0.2, 0.25) is 5.91 Å². The normalized spacial score (nSPS) is 20.0. The molecule has 0 aliphatic carbocycles. The lowest BCUT2D eigenvalue weighted by molar-refractivity contribution is -0.143. The zero-order valence-electron chi connectivity index (χ0n) is 22.4. The second-order valence-corrected chi connectivity index (χ2v) is 10.6. The molecule has 0 saturated carbocycles. The molecule has 3 atom stereocenters. The Morgan fingerprint density at radius 3 is 2.46 bits per heavy atom. The van der Waals surface area contributed by atoms with Crippen LogP contribution in [0.4, 0.5) is 0 Å². The molecule has 1 saturated heterocycles. The zero-order chi connectivity index (χ0) is 27.0. The minimum atomic E-state index is -1.11. The van der Waals surface area contributed by atoms with E-state index in [1.54, 1.807) is 44.2 Å². The molecular weight excluding hydrogens is 468 g/mol. The number of nitrogens with zero attached hydrogens (tertiary/aromatic N) is 1. The molecular formula is C30H40N2O5. The fraction of sp³-hybridized carbons (Fsp3) is 0.500. The fourth-order valence-corrected chi connectivity index (χ4v) is 5.29. The van der Waals surface area contributed by atoms with Crippen LogP contribution >= 0.6 is 0 Å². The molecule has 1 unspecified atom stereocenters. The van der Waals surface area contributed by atoms with Crippen molar-refractivity contribution in [1.82, 2.24) is 10.2 Å². The van der Waals surface area contributed by atoms with Crippen molar-refractivity contribution in [1.29, 1.82) is 0 Å². The van der Waals surface area contributed by atoms with Crippen molar-refractivity contribution in [2.45, 2.75) is 70.3 Å². The van der Waals surface area contributed by atoms with E-state index in [0.29, 0.717) is 11.3 Å². The van der Waals surface area contributed by atoms with Crippen molar-refractivity contribution in [3.05, 3.63) is 65.7 Å². The van der Waals surface area contributed by atoms with Crippen LogP contribution in [0.2, 0.25) is 0 Å². The van der Waals surface area contributed by atoms with Crippen molar-refractivity contribution >= 4 is 17.8 Å². The maximum atomic E-state index is 13.2. The minimum absolute atomic E-state index is 0.00280. The average molecular weight is 509 g/mol. The third-order valence-electron chi connectivity index (χ3n) is 7.49. The van der Waals surface area contributed by atoms with Crippen molar-refractivity contribution in [2.24, 2.45) is 5.92 Å². The molecule has 0 spiro atoms. The number of likely N-dealkylation sites (tertiary alicyclic amines) is 1. The number of carboxylic acids is 1. The van der Waals surface area contributed by atoms with Gasteiger partial charge in [0, 0.05) is 12.0 Å². The summed E-state index contributed by atoms with van der Waals surface area (Å²) in [5.41, 5.74) is 1.79. The first kappa shape index (κ1) is 28.4. The Labute approximate surface area is 220 Å². The number of hydrogen-bond donors (Lipinski definition) is 2. The van der Waals surface area contributed by atoms with E-state index in [1.165, 1.54) is 6.42 Å². The number of benzene rings is 2. The Morgan fingerprint density at radius 2 is 1.81 bits per heavy atom. The van der Waals surface area contributed by atoms with E-state index in [0.717, 1.165) is 37.9 Å². The minimum Gasteiger partial charge on any atom is -0.480 e. The maximum Gasteiger partial charge on any atom is 0.326 e. The smallest absolute Gasteiger partial charge is 0.326 e. The van der Waals surface area contributed by atoms with Gasteiger partial charge in [0.25, 0.3) is 0 Å². The highest BCUT2D eigenvalue weighted by Gasteiger charge is 2.34. The first-order chi connectivity index (χ1) is 17.6. The van der Waals surface area contributed by atoms with Crippen molar-refractivity contribution in [3.63, 3.8) is 0 Å². The molecule has 7 heteroatoms. The molecule has 2 aromatic carbocycles. The third kappa shape index (κ3) is 7.41. The summed E-state index contributed by atoms with van der Waals surface area (Å²) in [4.78, 5) is 40.3. The molecule has 1 fully saturated rings. The van der Waals surface area contributed by atoms with Crippen LogP contribution in [0.15, 0.2) is 54.6 Å². The molecule has 7 nitrogen and oxygen atoms in total. The first-order valence-electron chi connectivity index (χ1n) is 13.2. The van der Waals surface area contributed by atoms with Gasteiger partial charge in [-0.25, -0.2) is 4.79 Å². The van der Waals surface area contributed by atoms with Crippen molar-refractivity contribution in [2.75, 3.05) is 20.1 Å². The van der Waals surface area contributed by atoms with Crippen LogP contribution in [0.1, 0.15) is 69.9 Å². The van der Waals surface area contributed by atoms with E-state index < -0.39 is 29.8 Å². The van der Waals surface area contributed by atoms with E-state index in [1.807, 2.05) is 18.2 Å². The lowest BCUT2D eigenvalue weighted by Gasteiger charge is -2.35.